The Hall–Kier alpha value is -2.89. The Morgan fingerprint density at radius 1 is 1.14 bits per heavy atom. The van der Waals surface area contributed by atoms with Crippen molar-refractivity contribution in [1.29, 1.82) is 0 Å². The van der Waals surface area contributed by atoms with Gasteiger partial charge in [0.2, 0.25) is 0 Å². The van der Waals surface area contributed by atoms with Crippen molar-refractivity contribution in [2.45, 2.75) is 43.0 Å². The first-order valence-electron chi connectivity index (χ1n) is 11.1. The molecule has 1 N–H and O–H groups in total. The minimum atomic E-state index is -4.76. The van der Waals surface area contributed by atoms with E-state index in [1.165, 1.54) is 18.2 Å². The highest BCUT2D eigenvalue weighted by Gasteiger charge is 2.37. The molecule has 198 valence electrons. The predicted octanol–water partition coefficient (Wildman–Crippen LogP) is 6.42. The average molecular weight is 562 g/mol. The van der Waals surface area contributed by atoms with Crippen LogP contribution >= 0.6 is 11.6 Å². The molecule has 3 aromatic rings. The van der Waals surface area contributed by atoms with Gasteiger partial charge in [0.25, 0.3) is 10.0 Å². The SMILES string of the molecule is CC(O)CC[C@H]1CN(S(=O)(=O)c2cccc(C(F)(F)F)c2)c2cc(-c3cc(F)cc(F)c3Cl)ccc2O1. The van der Waals surface area contributed by atoms with Gasteiger partial charge in [-0.25, -0.2) is 17.2 Å². The summed E-state index contributed by atoms with van der Waals surface area (Å²) in [5.74, 6) is -1.83. The second-order valence-corrected chi connectivity index (χ2v) is 10.9. The third-order valence-corrected chi connectivity index (χ3v) is 8.01. The number of sulfonamides is 1. The van der Waals surface area contributed by atoms with Crippen molar-refractivity contribution in [3.05, 3.63) is 76.8 Å². The Kier molecular flexibility index (Phi) is 7.42. The van der Waals surface area contributed by atoms with E-state index in [1.807, 2.05) is 0 Å². The number of fused-ring (bicyclic) bond motifs is 1. The number of alkyl halides is 3. The maximum atomic E-state index is 14.1. The van der Waals surface area contributed by atoms with E-state index in [4.69, 9.17) is 16.3 Å². The van der Waals surface area contributed by atoms with Gasteiger partial charge in [0, 0.05) is 11.6 Å². The maximum Gasteiger partial charge on any atom is 0.416 e. The molecule has 12 heteroatoms. The lowest BCUT2D eigenvalue weighted by molar-refractivity contribution is -0.137. The minimum absolute atomic E-state index is 0.0380. The number of aliphatic hydroxyl groups is 1. The summed E-state index contributed by atoms with van der Waals surface area (Å²) in [7, 11) is -4.55. The molecule has 0 radical (unpaired) electrons. The number of hydrogen-bond acceptors (Lipinski definition) is 4. The Morgan fingerprint density at radius 2 is 1.86 bits per heavy atom. The van der Waals surface area contributed by atoms with Crippen LogP contribution in [0.2, 0.25) is 5.02 Å². The fourth-order valence-electron chi connectivity index (χ4n) is 4.01. The van der Waals surface area contributed by atoms with Crippen LogP contribution in [-0.4, -0.2) is 32.3 Å². The van der Waals surface area contributed by atoms with Gasteiger partial charge in [-0.3, -0.25) is 4.31 Å². The molecule has 1 heterocycles. The minimum Gasteiger partial charge on any atom is -0.486 e. The molecule has 1 unspecified atom stereocenters. The van der Waals surface area contributed by atoms with Gasteiger partial charge in [0.1, 0.15) is 23.5 Å². The number of hydrogen-bond donors (Lipinski definition) is 1. The van der Waals surface area contributed by atoms with Gasteiger partial charge < -0.3 is 9.84 Å². The monoisotopic (exact) mass is 561 g/mol. The van der Waals surface area contributed by atoms with Crippen molar-refractivity contribution in [2.75, 3.05) is 10.8 Å². The van der Waals surface area contributed by atoms with Gasteiger partial charge in [-0.15, -0.1) is 0 Å². The van der Waals surface area contributed by atoms with Crippen molar-refractivity contribution in [2.24, 2.45) is 0 Å². The van der Waals surface area contributed by atoms with Crippen LogP contribution in [0.3, 0.4) is 0 Å². The summed E-state index contributed by atoms with van der Waals surface area (Å²) >= 11 is 6.02. The summed E-state index contributed by atoms with van der Waals surface area (Å²) in [6.45, 7) is 1.29. The molecule has 0 aliphatic carbocycles. The quantitative estimate of drug-likeness (QED) is 0.278. The van der Waals surface area contributed by atoms with Crippen molar-refractivity contribution in [3.8, 4) is 16.9 Å². The van der Waals surface area contributed by atoms with Crippen LogP contribution in [0.15, 0.2) is 59.5 Å². The lowest BCUT2D eigenvalue weighted by Crippen LogP contribution is -2.43. The molecular formula is C25H21ClF5NO4S. The highest BCUT2D eigenvalue weighted by atomic mass is 35.5. The lowest BCUT2D eigenvalue weighted by Gasteiger charge is -2.36. The number of nitrogens with zero attached hydrogens (tertiary/aromatic N) is 1. The standard InChI is InChI=1S/C25H21ClF5NO4S/c1-14(33)5-7-18-13-32(37(34,35)19-4-2-3-16(10-19)25(29,30)31)22-9-15(6-8-23(22)36-18)20-11-17(27)12-21(28)24(20)26/h2-4,6,8-12,14,18,33H,5,7,13H2,1H3/t14?,18-/m0/s1. The first-order valence-corrected chi connectivity index (χ1v) is 12.9. The summed E-state index contributed by atoms with van der Waals surface area (Å²) in [5.41, 5.74) is -1.06. The van der Waals surface area contributed by atoms with Crippen LogP contribution < -0.4 is 9.04 Å². The van der Waals surface area contributed by atoms with Crippen LogP contribution in [0.5, 0.6) is 5.75 Å². The fourth-order valence-corrected chi connectivity index (χ4v) is 5.77. The average Bonchev–Trinajstić information content (AvgIpc) is 2.83. The van der Waals surface area contributed by atoms with Crippen molar-refractivity contribution < 1.29 is 40.2 Å². The molecule has 2 atom stereocenters. The second kappa shape index (κ2) is 10.1. The Labute approximate surface area is 215 Å². The van der Waals surface area contributed by atoms with Crippen molar-refractivity contribution in [3.63, 3.8) is 0 Å². The molecule has 1 aliphatic rings. The van der Waals surface area contributed by atoms with Crippen molar-refractivity contribution >= 4 is 27.3 Å². The third-order valence-electron chi connectivity index (χ3n) is 5.85. The van der Waals surface area contributed by atoms with E-state index >= 15 is 0 Å². The molecule has 0 aromatic heterocycles. The second-order valence-electron chi connectivity index (χ2n) is 8.66. The third kappa shape index (κ3) is 5.68. The van der Waals surface area contributed by atoms with E-state index in [1.54, 1.807) is 6.92 Å². The van der Waals surface area contributed by atoms with Crippen LogP contribution in [0.1, 0.15) is 25.3 Å². The first kappa shape index (κ1) is 27.2. The molecule has 0 spiro atoms. The zero-order valence-electron chi connectivity index (χ0n) is 19.3. The summed E-state index contributed by atoms with van der Waals surface area (Å²) in [6, 6.07) is 9.05. The van der Waals surface area contributed by atoms with Gasteiger partial charge >= 0.3 is 6.18 Å². The Balaban J connectivity index is 1.84. The first-order chi connectivity index (χ1) is 17.3. The molecule has 1 aliphatic heterocycles. The number of benzene rings is 3. The molecule has 5 nitrogen and oxygen atoms in total. The molecule has 0 fully saturated rings. The van der Waals surface area contributed by atoms with Gasteiger partial charge in [-0.2, -0.15) is 13.2 Å². The number of ether oxygens (including phenoxy) is 1. The predicted molar refractivity (Wildman–Crippen MR) is 128 cm³/mol. The molecule has 0 amide bonds. The maximum absolute atomic E-state index is 14.1. The molecule has 0 saturated heterocycles. The number of rotatable bonds is 6. The Morgan fingerprint density at radius 3 is 2.54 bits per heavy atom. The van der Waals surface area contributed by atoms with E-state index in [-0.39, 0.29) is 47.0 Å². The van der Waals surface area contributed by atoms with Crippen molar-refractivity contribution in [1.82, 2.24) is 0 Å². The number of aliphatic hydroxyl groups excluding tert-OH is 1. The summed E-state index contributed by atoms with van der Waals surface area (Å²) in [6.07, 6.45) is -5.63. The van der Waals surface area contributed by atoms with E-state index in [9.17, 15) is 35.5 Å². The normalized spacial score (nSPS) is 16.8. The van der Waals surface area contributed by atoms with E-state index in [2.05, 4.69) is 0 Å². The highest BCUT2D eigenvalue weighted by Crippen LogP contribution is 2.42. The molecule has 3 aromatic carbocycles. The fraction of sp³-hybridized carbons (Fsp3) is 0.280. The van der Waals surface area contributed by atoms with Crippen LogP contribution in [0.4, 0.5) is 27.6 Å². The van der Waals surface area contributed by atoms with E-state index < -0.39 is 50.5 Å². The van der Waals surface area contributed by atoms with Crippen LogP contribution in [0.25, 0.3) is 11.1 Å². The molecule has 37 heavy (non-hydrogen) atoms. The molecule has 0 bridgehead atoms. The summed E-state index contributed by atoms with van der Waals surface area (Å²) in [5, 5.41) is 9.27. The van der Waals surface area contributed by atoms with Gasteiger partial charge in [-0.05, 0) is 61.7 Å². The summed E-state index contributed by atoms with van der Waals surface area (Å²) < 4.78 is 102. The zero-order valence-corrected chi connectivity index (χ0v) is 20.8. The largest absolute Gasteiger partial charge is 0.486 e. The van der Waals surface area contributed by atoms with Crippen LogP contribution in [0, 0.1) is 11.6 Å². The molecular weight excluding hydrogens is 541 g/mol. The van der Waals surface area contributed by atoms with Crippen LogP contribution in [-0.2, 0) is 16.2 Å². The molecule has 4 rings (SSSR count). The van der Waals surface area contributed by atoms with Gasteiger partial charge in [-0.1, -0.05) is 23.7 Å². The summed E-state index contributed by atoms with van der Waals surface area (Å²) in [4.78, 5) is -0.593. The van der Waals surface area contributed by atoms with E-state index in [0.717, 1.165) is 28.6 Å². The topological polar surface area (TPSA) is 66.8 Å². The highest BCUT2D eigenvalue weighted by molar-refractivity contribution is 7.92. The lowest BCUT2D eigenvalue weighted by atomic mass is 10.0. The Bertz CT molecular complexity index is 1430. The number of halogens is 6. The van der Waals surface area contributed by atoms with Gasteiger partial charge in [0.05, 0.1) is 33.8 Å². The zero-order chi connectivity index (χ0) is 27.1. The van der Waals surface area contributed by atoms with Gasteiger partial charge in [0.15, 0.2) is 0 Å². The smallest absolute Gasteiger partial charge is 0.416 e. The van der Waals surface area contributed by atoms with E-state index in [0.29, 0.717) is 12.1 Å². The molecule has 0 saturated carbocycles. The number of anilines is 1.